The van der Waals surface area contributed by atoms with E-state index in [0.29, 0.717) is 22.0 Å². The Morgan fingerprint density at radius 2 is 2.08 bits per heavy atom. The number of carbonyl (C=O) groups excluding carboxylic acids is 1. The fraction of sp³-hybridized carbons (Fsp3) is 0.235. The van der Waals surface area contributed by atoms with E-state index in [9.17, 15) is 4.79 Å². The van der Waals surface area contributed by atoms with Gasteiger partial charge < -0.3 is 18.6 Å². The SMILES string of the molecule is C#CCn1c(=NC(=O)c2cc(C)no2)sc2cc(OC)c(OC)cc21. The number of thiazole rings is 1. The standard InChI is InChI=1S/C17H15N3O4S/c1-5-6-20-11-8-12(22-3)13(23-4)9-15(11)25-17(20)18-16(21)14-7-10(2)19-24-14/h1,7-9H,6H2,2-4H3. The van der Waals surface area contributed by atoms with Crippen molar-refractivity contribution >= 4 is 27.5 Å². The summed E-state index contributed by atoms with van der Waals surface area (Å²) in [5.41, 5.74) is 1.42. The molecule has 0 spiro atoms. The molecule has 0 N–H and O–H groups in total. The van der Waals surface area contributed by atoms with Gasteiger partial charge in [0.1, 0.15) is 0 Å². The lowest BCUT2D eigenvalue weighted by atomic mass is 10.3. The number of methoxy groups -OCH3 is 2. The van der Waals surface area contributed by atoms with Crippen LogP contribution in [-0.2, 0) is 6.54 Å². The van der Waals surface area contributed by atoms with Gasteiger partial charge in [0, 0.05) is 18.2 Å². The maximum absolute atomic E-state index is 12.3. The molecule has 0 unspecified atom stereocenters. The highest BCUT2D eigenvalue weighted by molar-refractivity contribution is 7.16. The van der Waals surface area contributed by atoms with Crippen molar-refractivity contribution in [1.29, 1.82) is 0 Å². The van der Waals surface area contributed by atoms with Crippen molar-refractivity contribution in [2.24, 2.45) is 4.99 Å². The van der Waals surface area contributed by atoms with Gasteiger partial charge in [0.2, 0.25) is 5.76 Å². The Kier molecular flexibility index (Phi) is 4.59. The minimum absolute atomic E-state index is 0.0809. The number of hydrogen-bond acceptors (Lipinski definition) is 6. The maximum atomic E-state index is 12.3. The van der Waals surface area contributed by atoms with E-state index in [-0.39, 0.29) is 12.3 Å². The Morgan fingerprint density at radius 3 is 2.68 bits per heavy atom. The van der Waals surface area contributed by atoms with Gasteiger partial charge in [0.15, 0.2) is 16.3 Å². The molecule has 1 aromatic carbocycles. The van der Waals surface area contributed by atoms with Gasteiger partial charge in [0.25, 0.3) is 0 Å². The predicted molar refractivity (Wildman–Crippen MR) is 92.9 cm³/mol. The van der Waals surface area contributed by atoms with Crippen LogP contribution in [0.4, 0.5) is 0 Å². The van der Waals surface area contributed by atoms with Crippen LogP contribution >= 0.6 is 11.3 Å². The normalized spacial score (nSPS) is 11.5. The molecule has 0 radical (unpaired) electrons. The molecule has 2 aromatic heterocycles. The van der Waals surface area contributed by atoms with Crippen molar-refractivity contribution in [2.75, 3.05) is 14.2 Å². The molecule has 2 heterocycles. The summed E-state index contributed by atoms with van der Waals surface area (Å²) in [6.07, 6.45) is 5.47. The predicted octanol–water partition coefficient (Wildman–Crippen LogP) is 2.39. The lowest BCUT2D eigenvalue weighted by Gasteiger charge is -2.08. The van der Waals surface area contributed by atoms with Crippen molar-refractivity contribution in [3.05, 3.63) is 34.5 Å². The van der Waals surface area contributed by atoms with Crippen LogP contribution in [0, 0.1) is 19.3 Å². The van der Waals surface area contributed by atoms with Gasteiger partial charge in [-0.2, -0.15) is 4.99 Å². The number of nitrogens with zero attached hydrogens (tertiary/aromatic N) is 3. The smallest absolute Gasteiger partial charge is 0.318 e. The van der Waals surface area contributed by atoms with Crippen LogP contribution in [-0.4, -0.2) is 29.9 Å². The van der Waals surface area contributed by atoms with Gasteiger partial charge in [-0.1, -0.05) is 22.4 Å². The average molecular weight is 357 g/mol. The van der Waals surface area contributed by atoms with E-state index in [4.69, 9.17) is 20.4 Å². The summed E-state index contributed by atoms with van der Waals surface area (Å²) in [6, 6.07) is 5.18. The van der Waals surface area contributed by atoms with Gasteiger partial charge in [-0.25, -0.2) is 0 Å². The van der Waals surface area contributed by atoms with E-state index in [1.165, 1.54) is 17.4 Å². The molecule has 0 atom stereocenters. The first-order valence-corrected chi connectivity index (χ1v) is 8.10. The van der Waals surface area contributed by atoms with E-state index < -0.39 is 5.91 Å². The summed E-state index contributed by atoms with van der Waals surface area (Å²) in [7, 11) is 3.12. The Balaban J connectivity index is 2.20. The number of aryl methyl sites for hydroxylation is 1. The number of aromatic nitrogens is 2. The molecular weight excluding hydrogens is 342 g/mol. The molecule has 0 saturated heterocycles. The first kappa shape index (κ1) is 16.8. The number of hydrogen-bond donors (Lipinski definition) is 0. The molecule has 0 aliphatic carbocycles. The summed E-state index contributed by atoms with van der Waals surface area (Å²) < 4.78 is 18.3. The summed E-state index contributed by atoms with van der Waals surface area (Å²) in [5.74, 6) is 3.30. The molecule has 0 saturated carbocycles. The second-order valence-electron chi connectivity index (χ2n) is 5.10. The highest BCUT2D eigenvalue weighted by Crippen LogP contribution is 2.33. The first-order valence-electron chi connectivity index (χ1n) is 7.28. The molecule has 3 aromatic rings. The van der Waals surface area contributed by atoms with Gasteiger partial charge in [-0.05, 0) is 6.92 Å². The topological polar surface area (TPSA) is 78.9 Å². The van der Waals surface area contributed by atoms with Crippen LogP contribution in [0.15, 0.2) is 27.7 Å². The van der Waals surface area contributed by atoms with Crippen LogP contribution in [0.3, 0.4) is 0 Å². The Bertz CT molecular complexity index is 1050. The third kappa shape index (κ3) is 3.14. The highest BCUT2D eigenvalue weighted by atomic mass is 32.1. The molecule has 7 nitrogen and oxygen atoms in total. The molecule has 8 heteroatoms. The van der Waals surface area contributed by atoms with Crippen LogP contribution in [0.1, 0.15) is 16.2 Å². The quantitative estimate of drug-likeness (QED) is 0.670. The Hall–Kier alpha value is -3.05. The molecule has 0 aliphatic heterocycles. The van der Waals surface area contributed by atoms with Crippen LogP contribution in [0.2, 0.25) is 0 Å². The number of benzene rings is 1. The monoisotopic (exact) mass is 357 g/mol. The van der Waals surface area contributed by atoms with Crippen molar-refractivity contribution in [2.45, 2.75) is 13.5 Å². The fourth-order valence-electron chi connectivity index (χ4n) is 2.33. The van der Waals surface area contributed by atoms with Crippen LogP contribution in [0.25, 0.3) is 10.2 Å². The van der Waals surface area contributed by atoms with E-state index in [0.717, 1.165) is 10.2 Å². The molecular formula is C17H15N3O4S. The lowest BCUT2D eigenvalue weighted by molar-refractivity contribution is 0.0962. The first-order chi connectivity index (χ1) is 12.1. The van der Waals surface area contributed by atoms with Crippen molar-refractivity contribution in [3.8, 4) is 23.8 Å². The number of terminal acetylenes is 1. The van der Waals surface area contributed by atoms with Crippen LogP contribution in [0.5, 0.6) is 11.5 Å². The van der Waals surface area contributed by atoms with Crippen molar-refractivity contribution < 1.29 is 18.8 Å². The minimum atomic E-state index is -0.517. The van der Waals surface area contributed by atoms with Gasteiger partial charge >= 0.3 is 5.91 Å². The summed E-state index contributed by atoms with van der Waals surface area (Å²) in [4.78, 5) is 16.9. The molecule has 128 valence electrons. The summed E-state index contributed by atoms with van der Waals surface area (Å²) in [5, 5.41) is 3.70. The molecule has 0 aliphatic rings. The number of ether oxygens (including phenoxy) is 2. The summed E-state index contributed by atoms with van der Waals surface area (Å²) in [6.45, 7) is 1.99. The van der Waals surface area contributed by atoms with Crippen LogP contribution < -0.4 is 14.3 Å². The van der Waals surface area contributed by atoms with Gasteiger partial charge in [0.05, 0.1) is 36.7 Å². The zero-order valence-corrected chi connectivity index (χ0v) is 14.7. The highest BCUT2D eigenvalue weighted by Gasteiger charge is 2.15. The molecule has 0 fully saturated rings. The molecule has 1 amide bonds. The number of amides is 1. The van der Waals surface area contributed by atoms with E-state index in [2.05, 4.69) is 16.1 Å². The maximum Gasteiger partial charge on any atom is 0.318 e. The number of fused-ring (bicyclic) bond motifs is 1. The molecule has 25 heavy (non-hydrogen) atoms. The minimum Gasteiger partial charge on any atom is -0.493 e. The zero-order chi connectivity index (χ0) is 18.0. The number of carbonyl (C=O) groups is 1. The van der Waals surface area contributed by atoms with Crippen molar-refractivity contribution in [1.82, 2.24) is 9.72 Å². The molecule has 3 rings (SSSR count). The second kappa shape index (κ2) is 6.83. The van der Waals surface area contributed by atoms with E-state index in [1.807, 2.05) is 12.1 Å². The van der Waals surface area contributed by atoms with E-state index >= 15 is 0 Å². The van der Waals surface area contributed by atoms with Gasteiger partial charge in [-0.3, -0.25) is 4.79 Å². The van der Waals surface area contributed by atoms with Gasteiger partial charge in [-0.15, -0.1) is 6.42 Å². The number of rotatable bonds is 4. The molecule has 0 bridgehead atoms. The summed E-state index contributed by atoms with van der Waals surface area (Å²) >= 11 is 1.32. The fourth-order valence-corrected chi connectivity index (χ4v) is 3.37. The third-order valence-electron chi connectivity index (χ3n) is 3.47. The van der Waals surface area contributed by atoms with Crippen molar-refractivity contribution in [3.63, 3.8) is 0 Å². The zero-order valence-electron chi connectivity index (χ0n) is 13.9. The third-order valence-corrected chi connectivity index (χ3v) is 4.51. The second-order valence-corrected chi connectivity index (χ2v) is 6.11. The average Bonchev–Trinajstić information content (AvgIpc) is 3.18. The largest absolute Gasteiger partial charge is 0.493 e. The Labute approximate surface area is 147 Å². The lowest BCUT2D eigenvalue weighted by Crippen LogP contribution is -2.16. The Morgan fingerprint density at radius 1 is 1.36 bits per heavy atom. The van der Waals surface area contributed by atoms with E-state index in [1.54, 1.807) is 25.7 Å².